The molecule has 1 fully saturated rings. The molecule has 3 heterocycles. The van der Waals surface area contributed by atoms with Gasteiger partial charge in [-0.25, -0.2) is 0 Å². The monoisotopic (exact) mass is 401 g/mol. The summed E-state index contributed by atoms with van der Waals surface area (Å²) in [5, 5.41) is 5.37. The first-order valence-corrected chi connectivity index (χ1v) is 11.5. The minimum Gasteiger partial charge on any atom is -0.351 e. The highest BCUT2D eigenvalue weighted by atomic mass is 32.1. The van der Waals surface area contributed by atoms with Crippen molar-refractivity contribution >= 4 is 33.4 Å². The van der Waals surface area contributed by atoms with Gasteiger partial charge in [0.05, 0.1) is 16.8 Å². The number of thiophene rings is 1. The molecule has 2 amide bonds. The number of rotatable bonds is 4. The van der Waals surface area contributed by atoms with Crippen molar-refractivity contribution in [2.45, 2.75) is 89.9 Å². The van der Waals surface area contributed by atoms with E-state index in [1.807, 2.05) is 23.3 Å². The number of carbonyl (C=O) groups excluding carboxylic acids is 2. The fourth-order valence-electron chi connectivity index (χ4n) is 4.87. The third-order valence-corrected chi connectivity index (χ3v) is 7.52. The second-order valence-corrected chi connectivity index (χ2v) is 9.60. The SMILES string of the molecule is CC[C@@H](C)N1C(=O)c2cc3sccc3n2C[C@@]1(C)C(=O)NC1CCCCCC1. The van der Waals surface area contributed by atoms with Crippen LogP contribution in [0.3, 0.4) is 0 Å². The largest absolute Gasteiger partial charge is 0.351 e. The van der Waals surface area contributed by atoms with Gasteiger partial charge in [-0.15, -0.1) is 11.3 Å². The normalized spacial score (nSPS) is 24.8. The quantitative estimate of drug-likeness (QED) is 0.764. The zero-order valence-corrected chi connectivity index (χ0v) is 18.0. The molecule has 5 nitrogen and oxygen atoms in total. The Morgan fingerprint density at radius 1 is 1.32 bits per heavy atom. The molecule has 6 heteroatoms. The number of nitrogens with one attached hydrogen (secondary N) is 1. The number of aromatic nitrogens is 1. The summed E-state index contributed by atoms with van der Waals surface area (Å²) in [5.41, 5.74) is 0.896. The Hall–Kier alpha value is -1.82. The summed E-state index contributed by atoms with van der Waals surface area (Å²) in [6, 6.07) is 4.28. The van der Waals surface area contributed by atoms with E-state index >= 15 is 0 Å². The van der Waals surface area contributed by atoms with Gasteiger partial charge < -0.3 is 14.8 Å². The molecule has 152 valence electrons. The van der Waals surface area contributed by atoms with E-state index in [0.29, 0.717) is 12.2 Å². The van der Waals surface area contributed by atoms with Gasteiger partial charge in [0.15, 0.2) is 0 Å². The van der Waals surface area contributed by atoms with Crippen LogP contribution in [0.25, 0.3) is 10.2 Å². The van der Waals surface area contributed by atoms with Gasteiger partial charge in [0.2, 0.25) is 5.91 Å². The van der Waals surface area contributed by atoms with E-state index in [1.54, 1.807) is 11.3 Å². The van der Waals surface area contributed by atoms with Crippen LogP contribution in [-0.4, -0.2) is 38.9 Å². The molecule has 2 aliphatic rings. The second kappa shape index (κ2) is 7.54. The number of fused-ring (bicyclic) bond motifs is 3. The molecule has 0 saturated heterocycles. The lowest BCUT2D eigenvalue weighted by molar-refractivity contribution is -0.135. The first-order chi connectivity index (χ1) is 13.5. The molecule has 0 unspecified atom stereocenters. The molecule has 0 aromatic carbocycles. The maximum Gasteiger partial charge on any atom is 0.271 e. The van der Waals surface area contributed by atoms with Crippen molar-refractivity contribution < 1.29 is 9.59 Å². The molecule has 1 N–H and O–H groups in total. The highest BCUT2D eigenvalue weighted by molar-refractivity contribution is 7.17. The molecular formula is C22H31N3O2S. The summed E-state index contributed by atoms with van der Waals surface area (Å²) in [5.74, 6) is -0.0294. The van der Waals surface area contributed by atoms with E-state index in [2.05, 4.69) is 29.8 Å². The van der Waals surface area contributed by atoms with Crippen molar-refractivity contribution in [2.75, 3.05) is 0 Å². The zero-order valence-electron chi connectivity index (χ0n) is 17.2. The van der Waals surface area contributed by atoms with Crippen molar-refractivity contribution in [1.29, 1.82) is 0 Å². The molecule has 1 aliphatic heterocycles. The Labute approximate surface area is 171 Å². The summed E-state index contributed by atoms with van der Waals surface area (Å²) in [6.07, 6.45) is 7.77. The standard InChI is InChI=1S/C22H31N3O2S/c1-4-15(2)25-20(26)18-13-19-17(11-12-28-19)24(18)14-22(25,3)21(27)23-16-9-7-5-6-8-10-16/h11-13,15-16H,4-10,14H2,1-3H3,(H,23,27)/t15-,22+/m1/s1. The third-order valence-electron chi connectivity index (χ3n) is 6.67. The Morgan fingerprint density at radius 3 is 2.71 bits per heavy atom. The molecule has 2 aromatic rings. The van der Waals surface area contributed by atoms with Crippen LogP contribution < -0.4 is 5.32 Å². The van der Waals surface area contributed by atoms with Gasteiger partial charge in [0.25, 0.3) is 5.91 Å². The number of carbonyl (C=O) groups is 2. The summed E-state index contributed by atoms with van der Waals surface area (Å²) >= 11 is 1.65. The first kappa shape index (κ1) is 19.5. The van der Waals surface area contributed by atoms with Gasteiger partial charge in [-0.05, 0) is 50.6 Å². The number of nitrogens with zero attached hydrogens (tertiary/aromatic N) is 2. The fourth-order valence-corrected chi connectivity index (χ4v) is 5.69. The Bertz CT molecular complexity index is 878. The van der Waals surface area contributed by atoms with Gasteiger partial charge in [-0.2, -0.15) is 0 Å². The molecule has 0 bridgehead atoms. The van der Waals surface area contributed by atoms with Crippen molar-refractivity contribution in [3.05, 3.63) is 23.2 Å². The van der Waals surface area contributed by atoms with Crippen molar-refractivity contribution in [3.63, 3.8) is 0 Å². The summed E-state index contributed by atoms with van der Waals surface area (Å²) < 4.78 is 3.17. The molecule has 2 atom stereocenters. The van der Waals surface area contributed by atoms with Gasteiger partial charge in [0, 0.05) is 12.1 Å². The minimum absolute atomic E-state index is 0.00391. The predicted molar refractivity (Wildman–Crippen MR) is 114 cm³/mol. The number of hydrogen-bond donors (Lipinski definition) is 1. The van der Waals surface area contributed by atoms with Crippen molar-refractivity contribution in [3.8, 4) is 0 Å². The summed E-state index contributed by atoms with van der Waals surface area (Å²) in [7, 11) is 0. The zero-order chi connectivity index (χ0) is 19.9. The molecule has 28 heavy (non-hydrogen) atoms. The van der Waals surface area contributed by atoms with E-state index in [-0.39, 0.29) is 23.9 Å². The van der Waals surface area contributed by atoms with Crippen LogP contribution in [0, 0.1) is 0 Å². The van der Waals surface area contributed by atoms with Crippen LogP contribution in [0.5, 0.6) is 0 Å². The summed E-state index contributed by atoms with van der Waals surface area (Å²) in [6.45, 7) is 6.59. The smallest absolute Gasteiger partial charge is 0.271 e. The van der Waals surface area contributed by atoms with Crippen molar-refractivity contribution in [1.82, 2.24) is 14.8 Å². The topological polar surface area (TPSA) is 54.3 Å². The maximum atomic E-state index is 13.6. The number of amides is 2. The van der Waals surface area contributed by atoms with Gasteiger partial charge in [-0.3, -0.25) is 9.59 Å². The van der Waals surface area contributed by atoms with Gasteiger partial charge >= 0.3 is 0 Å². The molecule has 0 spiro atoms. The lowest BCUT2D eigenvalue weighted by Gasteiger charge is -2.47. The molecule has 1 aliphatic carbocycles. The highest BCUT2D eigenvalue weighted by Crippen LogP contribution is 2.36. The molecule has 0 radical (unpaired) electrons. The van der Waals surface area contributed by atoms with Gasteiger partial charge in [-0.1, -0.05) is 32.6 Å². The Kier molecular flexibility index (Phi) is 5.25. The second-order valence-electron chi connectivity index (χ2n) is 8.65. The average Bonchev–Trinajstić information content (AvgIpc) is 3.16. The predicted octanol–water partition coefficient (Wildman–Crippen LogP) is 4.55. The van der Waals surface area contributed by atoms with Crippen LogP contribution in [0.1, 0.15) is 76.2 Å². The van der Waals surface area contributed by atoms with Crippen LogP contribution in [0.2, 0.25) is 0 Å². The van der Waals surface area contributed by atoms with E-state index in [1.165, 1.54) is 25.7 Å². The Balaban J connectivity index is 1.70. The van der Waals surface area contributed by atoms with E-state index in [4.69, 9.17) is 0 Å². The van der Waals surface area contributed by atoms with Crippen LogP contribution >= 0.6 is 11.3 Å². The van der Waals surface area contributed by atoms with Crippen LogP contribution in [0.15, 0.2) is 17.5 Å². The number of hydrogen-bond acceptors (Lipinski definition) is 3. The van der Waals surface area contributed by atoms with Crippen LogP contribution in [-0.2, 0) is 11.3 Å². The molecular weight excluding hydrogens is 370 g/mol. The maximum absolute atomic E-state index is 13.6. The molecule has 4 rings (SSSR count). The molecule has 2 aromatic heterocycles. The molecule has 1 saturated carbocycles. The van der Waals surface area contributed by atoms with E-state index < -0.39 is 5.54 Å². The van der Waals surface area contributed by atoms with Crippen LogP contribution in [0.4, 0.5) is 0 Å². The third kappa shape index (κ3) is 3.15. The first-order valence-electron chi connectivity index (χ1n) is 10.7. The Morgan fingerprint density at radius 2 is 2.04 bits per heavy atom. The van der Waals surface area contributed by atoms with E-state index in [9.17, 15) is 9.59 Å². The summed E-state index contributed by atoms with van der Waals surface area (Å²) in [4.78, 5) is 28.9. The van der Waals surface area contributed by atoms with Crippen molar-refractivity contribution in [2.24, 2.45) is 0 Å². The minimum atomic E-state index is -0.875. The lowest BCUT2D eigenvalue weighted by Crippen LogP contribution is -2.66. The fraction of sp³-hybridized carbons (Fsp3) is 0.636. The lowest BCUT2D eigenvalue weighted by atomic mass is 9.91. The average molecular weight is 402 g/mol. The van der Waals surface area contributed by atoms with Gasteiger partial charge in [0.1, 0.15) is 11.2 Å². The van der Waals surface area contributed by atoms with E-state index in [0.717, 1.165) is 29.5 Å². The highest BCUT2D eigenvalue weighted by Gasteiger charge is 2.49.